The van der Waals surface area contributed by atoms with E-state index in [1.807, 2.05) is 12.1 Å². The second kappa shape index (κ2) is 8.02. The molecule has 2 aromatic rings. The summed E-state index contributed by atoms with van der Waals surface area (Å²) in [6.45, 7) is 5.85. The fraction of sp³-hybridized carbons (Fsp3) is 0.542. The van der Waals surface area contributed by atoms with Gasteiger partial charge in [0.2, 0.25) is 23.0 Å². The molecule has 0 saturated heterocycles. The summed E-state index contributed by atoms with van der Waals surface area (Å²) in [5.74, 6) is 1.80. The Kier molecular flexibility index (Phi) is 5.47. The molecular weight excluding hydrogens is 348 g/mol. The van der Waals surface area contributed by atoms with Gasteiger partial charge in [0.05, 0.1) is 13.1 Å². The molecule has 2 aliphatic carbocycles. The van der Waals surface area contributed by atoms with Crippen LogP contribution in [-0.4, -0.2) is 16.1 Å². The zero-order chi connectivity index (χ0) is 19.7. The molecule has 4 nitrogen and oxygen atoms in total. The Morgan fingerprint density at radius 3 is 2.39 bits per heavy atom. The lowest BCUT2D eigenvalue weighted by atomic mass is 9.87. The predicted octanol–water partition coefficient (Wildman–Crippen LogP) is 4.63. The molecule has 4 heteroatoms. The summed E-state index contributed by atoms with van der Waals surface area (Å²) in [5, 5.41) is 0. The smallest absolute Gasteiger partial charge is 0.254 e. The van der Waals surface area contributed by atoms with Crippen LogP contribution in [0.15, 0.2) is 24.3 Å². The third-order valence-corrected chi connectivity index (χ3v) is 6.61. The molecule has 0 atom stereocenters. The summed E-state index contributed by atoms with van der Waals surface area (Å²) in [6, 6.07) is 7.28. The molecule has 0 aliphatic heterocycles. The van der Waals surface area contributed by atoms with Gasteiger partial charge in [-0.3, -0.25) is 9.59 Å². The number of hydrogen-bond donors (Lipinski definition) is 0. The van der Waals surface area contributed by atoms with Gasteiger partial charge in [0.25, 0.3) is 5.82 Å². The number of aromatic nitrogens is 2. The van der Waals surface area contributed by atoms with E-state index in [9.17, 15) is 9.59 Å². The van der Waals surface area contributed by atoms with Gasteiger partial charge in [0, 0.05) is 18.1 Å². The number of imidazole rings is 1. The number of rotatable bonds is 6. The standard InChI is InChI=1S/C24H31N2O2/c1-3-4-15-25-17(2)26(16-14-18-10-6-5-7-11-18)22-21(25)23(27)19-12-8-9-13-20(19)24(22)28/h8-9,12-13,18H,3-7,10-11,14-16H2,1-2H3/q+1. The van der Waals surface area contributed by atoms with Crippen molar-refractivity contribution in [1.82, 2.24) is 4.57 Å². The molecule has 0 spiro atoms. The summed E-state index contributed by atoms with van der Waals surface area (Å²) in [4.78, 5) is 26.7. The third kappa shape index (κ3) is 3.23. The van der Waals surface area contributed by atoms with Gasteiger partial charge in [-0.1, -0.05) is 69.7 Å². The molecule has 1 fully saturated rings. The van der Waals surface area contributed by atoms with Gasteiger partial charge in [-0.2, -0.15) is 0 Å². The van der Waals surface area contributed by atoms with Gasteiger partial charge in [-0.25, -0.2) is 9.13 Å². The number of nitrogens with zero attached hydrogens (tertiary/aromatic N) is 2. The van der Waals surface area contributed by atoms with Crippen LogP contribution in [0.25, 0.3) is 0 Å². The summed E-state index contributed by atoms with van der Waals surface area (Å²) >= 11 is 0. The molecule has 2 aliphatic rings. The molecule has 0 radical (unpaired) electrons. The first-order valence-electron chi connectivity index (χ1n) is 10.9. The number of unbranched alkanes of at least 4 members (excludes halogenated alkanes) is 1. The van der Waals surface area contributed by atoms with Crippen LogP contribution in [0.3, 0.4) is 0 Å². The zero-order valence-electron chi connectivity index (χ0n) is 17.2. The van der Waals surface area contributed by atoms with Crippen LogP contribution in [0.2, 0.25) is 0 Å². The van der Waals surface area contributed by atoms with Crippen molar-refractivity contribution in [3.63, 3.8) is 0 Å². The van der Waals surface area contributed by atoms with E-state index in [-0.39, 0.29) is 11.6 Å². The Balaban J connectivity index is 1.75. The summed E-state index contributed by atoms with van der Waals surface area (Å²) in [7, 11) is 0. The fourth-order valence-electron chi connectivity index (χ4n) is 4.97. The van der Waals surface area contributed by atoms with E-state index in [0.29, 0.717) is 22.5 Å². The Bertz CT molecular complexity index is 904. The van der Waals surface area contributed by atoms with Crippen LogP contribution in [0.5, 0.6) is 0 Å². The van der Waals surface area contributed by atoms with Gasteiger partial charge in [-0.05, 0) is 18.8 Å². The largest absolute Gasteiger partial charge is 0.284 e. The van der Waals surface area contributed by atoms with Crippen LogP contribution in [0, 0.1) is 12.8 Å². The van der Waals surface area contributed by atoms with E-state index in [2.05, 4.69) is 23.0 Å². The average Bonchev–Trinajstić information content (AvgIpc) is 3.01. The Morgan fingerprint density at radius 2 is 1.71 bits per heavy atom. The zero-order valence-corrected chi connectivity index (χ0v) is 17.2. The highest BCUT2D eigenvalue weighted by Crippen LogP contribution is 2.30. The van der Waals surface area contributed by atoms with Crippen molar-refractivity contribution in [3.8, 4) is 0 Å². The van der Waals surface area contributed by atoms with Crippen molar-refractivity contribution in [2.45, 2.75) is 78.3 Å². The first kappa shape index (κ1) is 19.1. The molecule has 28 heavy (non-hydrogen) atoms. The van der Waals surface area contributed by atoms with Gasteiger partial charge in [-0.15, -0.1) is 0 Å². The average molecular weight is 380 g/mol. The van der Waals surface area contributed by atoms with Crippen LogP contribution in [0.4, 0.5) is 0 Å². The topological polar surface area (TPSA) is 43.0 Å². The van der Waals surface area contributed by atoms with E-state index in [1.54, 1.807) is 12.1 Å². The lowest BCUT2D eigenvalue weighted by molar-refractivity contribution is -0.704. The maximum absolute atomic E-state index is 13.4. The molecule has 148 valence electrons. The highest BCUT2D eigenvalue weighted by atomic mass is 16.1. The molecule has 0 amide bonds. The first-order chi connectivity index (χ1) is 13.6. The molecule has 1 aromatic carbocycles. The summed E-state index contributed by atoms with van der Waals surface area (Å²) in [6.07, 6.45) is 9.78. The number of carbonyl (C=O) groups is 2. The van der Waals surface area contributed by atoms with Crippen LogP contribution >= 0.6 is 0 Å². The quantitative estimate of drug-likeness (QED) is 0.586. The Morgan fingerprint density at radius 1 is 1.04 bits per heavy atom. The lowest BCUT2D eigenvalue weighted by Gasteiger charge is -2.21. The highest BCUT2D eigenvalue weighted by molar-refractivity contribution is 6.26. The van der Waals surface area contributed by atoms with Crippen LogP contribution in [-0.2, 0) is 13.1 Å². The predicted molar refractivity (Wildman–Crippen MR) is 109 cm³/mol. The van der Waals surface area contributed by atoms with Crippen molar-refractivity contribution in [3.05, 3.63) is 52.6 Å². The number of carbonyl (C=O) groups excluding carboxylic acids is 2. The van der Waals surface area contributed by atoms with E-state index >= 15 is 0 Å². The van der Waals surface area contributed by atoms with Gasteiger partial charge in [0.1, 0.15) is 0 Å². The maximum Gasteiger partial charge on any atom is 0.254 e. The van der Waals surface area contributed by atoms with Crippen molar-refractivity contribution in [2.75, 3.05) is 0 Å². The minimum atomic E-state index is 0.000759. The fourth-order valence-corrected chi connectivity index (χ4v) is 4.97. The van der Waals surface area contributed by atoms with E-state index < -0.39 is 0 Å². The Labute approximate surface area is 167 Å². The molecule has 4 rings (SSSR count). The van der Waals surface area contributed by atoms with E-state index in [4.69, 9.17) is 0 Å². The molecule has 0 bridgehead atoms. The molecule has 0 N–H and O–H groups in total. The van der Waals surface area contributed by atoms with Crippen molar-refractivity contribution in [2.24, 2.45) is 5.92 Å². The summed E-state index contributed by atoms with van der Waals surface area (Å²) < 4.78 is 4.26. The van der Waals surface area contributed by atoms with E-state index in [1.165, 1.54) is 32.1 Å². The molecule has 1 heterocycles. The lowest BCUT2D eigenvalue weighted by Crippen LogP contribution is -2.43. The van der Waals surface area contributed by atoms with Gasteiger partial charge in [0.15, 0.2) is 0 Å². The molecule has 1 aromatic heterocycles. The van der Waals surface area contributed by atoms with Crippen molar-refractivity contribution >= 4 is 11.6 Å². The minimum absolute atomic E-state index is 0.000759. The van der Waals surface area contributed by atoms with Crippen molar-refractivity contribution in [1.29, 1.82) is 0 Å². The number of benzene rings is 1. The van der Waals surface area contributed by atoms with Crippen molar-refractivity contribution < 1.29 is 14.2 Å². The number of hydrogen-bond acceptors (Lipinski definition) is 2. The SMILES string of the molecule is CCCC[n+]1c2c(n(CCC3CCCCC3)c1C)C(=O)c1ccccc1C2=O. The second-order valence-electron chi connectivity index (χ2n) is 8.40. The minimum Gasteiger partial charge on any atom is -0.284 e. The van der Waals surface area contributed by atoms with Gasteiger partial charge < -0.3 is 0 Å². The normalized spacial score (nSPS) is 16.9. The molecule has 1 saturated carbocycles. The molecular formula is C24H31N2O2+. The van der Waals surface area contributed by atoms with E-state index in [0.717, 1.165) is 44.1 Å². The summed E-state index contributed by atoms with van der Waals surface area (Å²) in [5.41, 5.74) is 2.33. The third-order valence-electron chi connectivity index (χ3n) is 6.61. The first-order valence-corrected chi connectivity index (χ1v) is 10.9. The second-order valence-corrected chi connectivity index (χ2v) is 8.40. The van der Waals surface area contributed by atoms with Crippen LogP contribution in [0.1, 0.15) is 96.2 Å². The Hall–Kier alpha value is -2.23. The maximum atomic E-state index is 13.4. The molecule has 0 unspecified atom stereocenters. The van der Waals surface area contributed by atoms with Gasteiger partial charge >= 0.3 is 0 Å². The number of ketones is 2. The van der Waals surface area contributed by atoms with Crippen LogP contribution < -0.4 is 4.57 Å². The number of fused-ring (bicyclic) bond motifs is 2. The monoisotopic (exact) mass is 379 g/mol. The highest BCUT2D eigenvalue weighted by Gasteiger charge is 2.42.